The van der Waals surface area contributed by atoms with Gasteiger partial charge in [-0.2, -0.15) is 0 Å². The van der Waals surface area contributed by atoms with Crippen molar-refractivity contribution < 1.29 is 19.5 Å². The molecule has 1 saturated heterocycles. The van der Waals surface area contributed by atoms with Gasteiger partial charge in [-0.3, -0.25) is 14.5 Å². The van der Waals surface area contributed by atoms with E-state index in [-0.39, 0.29) is 20.9 Å². The number of nitrogens with zero attached hydrogens (tertiary/aromatic N) is 4. The number of aliphatic carboxylic acids is 1. The summed E-state index contributed by atoms with van der Waals surface area (Å²) in [6.45, 7) is 0. The number of fused-ring (bicyclic) bond motifs is 1. The second-order valence-corrected chi connectivity index (χ2v) is 10.9. The fourth-order valence-corrected chi connectivity index (χ4v) is 6.66. The molecule has 0 radical (unpaired) electrons. The first-order valence-corrected chi connectivity index (χ1v) is 12.1. The van der Waals surface area contributed by atoms with Gasteiger partial charge in [0.05, 0.1) is 6.04 Å². The minimum atomic E-state index is -1.59. The van der Waals surface area contributed by atoms with Crippen LogP contribution < -0.4 is 11.1 Å². The Morgan fingerprint density at radius 1 is 1.41 bits per heavy atom. The number of hydrogen-bond acceptors (Lipinski definition) is 11. The highest BCUT2D eigenvalue weighted by Gasteiger charge is 2.54. The fraction of sp³-hybridized carbons (Fsp3) is 0.312. The molecule has 32 heavy (non-hydrogen) atoms. The first-order chi connectivity index (χ1) is 15.2. The molecule has 168 valence electrons. The molecular weight excluding hydrogens is 523 g/mol. The molecule has 4 N–H and O–H groups in total. The van der Waals surface area contributed by atoms with Crippen molar-refractivity contribution in [3.8, 4) is 0 Å². The highest BCUT2D eigenvalue weighted by Crippen LogP contribution is 2.44. The van der Waals surface area contributed by atoms with E-state index in [2.05, 4.69) is 20.5 Å². The second-order valence-electron chi connectivity index (χ2n) is 6.63. The summed E-state index contributed by atoms with van der Waals surface area (Å²) in [5, 5.41) is 16.9. The molecule has 1 fully saturated rings. The predicted molar refractivity (Wildman–Crippen MR) is 120 cm³/mol. The van der Waals surface area contributed by atoms with Crippen molar-refractivity contribution in [1.29, 1.82) is 0 Å². The van der Waals surface area contributed by atoms with Crippen LogP contribution in [0.1, 0.15) is 24.6 Å². The van der Waals surface area contributed by atoms with Gasteiger partial charge in [-0.15, -0.1) is 16.2 Å². The summed E-state index contributed by atoms with van der Waals surface area (Å²) in [6, 6.07) is -3.17. The van der Waals surface area contributed by atoms with Gasteiger partial charge >= 0.3 is 5.97 Å². The van der Waals surface area contributed by atoms with Crippen LogP contribution in [0, 0.1) is 4.91 Å². The van der Waals surface area contributed by atoms with E-state index in [1.54, 1.807) is 5.38 Å². The molecule has 3 atom stereocenters. The Labute approximate surface area is 202 Å². The predicted octanol–water partition coefficient (Wildman–Crippen LogP) is 2.87. The fourth-order valence-electron chi connectivity index (χ4n) is 3.47. The Morgan fingerprint density at radius 3 is 2.72 bits per heavy atom. The Morgan fingerprint density at radius 2 is 2.16 bits per heavy atom. The summed E-state index contributed by atoms with van der Waals surface area (Å²) in [6.07, 6.45) is 0.757. The smallest absolute Gasteiger partial charge is 0.353 e. The molecular formula is C16H12Cl2N6O5S3. The zero-order valence-corrected chi connectivity index (χ0v) is 19.6. The van der Waals surface area contributed by atoms with Crippen molar-refractivity contribution in [1.82, 2.24) is 20.2 Å². The van der Waals surface area contributed by atoms with E-state index in [4.69, 9.17) is 28.9 Å². The van der Waals surface area contributed by atoms with E-state index in [1.165, 1.54) is 11.3 Å². The maximum Gasteiger partial charge on any atom is 0.353 e. The zero-order valence-electron chi connectivity index (χ0n) is 15.7. The quantitative estimate of drug-likeness (QED) is 0.357. The van der Waals surface area contributed by atoms with Crippen LogP contribution in [0.3, 0.4) is 0 Å². The summed E-state index contributed by atoms with van der Waals surface area (Å²) in [7, 11) is 0. The number of amides is 2. The van der Waals surface area contributed by atoms with E-state index in [9.17, 15) is 24.4 Å². The standard InChI is InChI=1S/C16H12Cl2N6O5S3/c17-6-3-30-16(20-6)31-5-2-1-4-7(13(26)24(4)10(5)14(27)28)21-12(25)9(23-29)8-11(18)32-15(19)22-8/h3-4,7,9H,1-2H2,(H2,19,22)(H,21,25)(H,27,28). The van der Waals surface area contributed by atoms with Crippen molar-refractivity contribution >= 4 is 80.6 Å². The molecule has 2 aromatic heterocycles. The molecule has 4 rings (SSSR count). The zero-order chi connectivity index (χ0) is 23.2. The maximum absolute atomic E-state index is 12.8. The Kier molecular flexibility index (Phi) is 6.40. The number of halogens is 2. The van der Waals surface area contributed by atoms with Gasteiger partial charge < -0.3 is 16.2 Å². The average Bonchev–Trinajstić information content (AvgIpc) is 3.30. The summed E-state index contributed by atoms with van der Waals surface area (Å²) < 4.78 is 0.598. The number of nitrogens with one attached hydrogen (secondary N) is 1. The van der Waals surface area contributed by atoms with Gasteiger partial charge in [0.25, 0.3) is 11.8 Å². The molecule has 2 aromatic rings. The van der Waals surface area contributed by atoms with Crippen LogP contribution in [-0.4, -0.2) is 49.8 Å². The Bertz CT molecular complexity index is 1170. The van der Waals surface area contributed by atoms with Gasteiger partial charge in [0.15, 0.2) is 9.47 Å². The number of hydrogen-bond donors (Lipinski definition) is 3. The number of allylic oxidation sites excluding steroid dienone is 1. The van der Waals surface area contributed by atoms with Crippen LogP contribution in [0.4, 0.5) is 5.13 Å². The highest BCUT2D eigenvalue weighted by molar-refractivity contribution is 8.04. The number of nitrogens with two attached hydrogens (primary N) is 1. The first-order valence-electron chi connectivity index (χ1n) is 8.84. The normalized spacial score (nSPS) is 21.1. The molecule has 11 nitrogen and oxygen atoms in total. The average molecular weight is 535 g/mol. The van der Waals surface area contributed by atoms with Crippen molar-refractivity contribution in [3.63, 3.8) is 0 Å². The van der Waals surface area contributed by atoms with Crippen LogP contribution in [-0.2, 0) is 14.4 Å². The number of thioether (sulfide) groups is 1. The largest absolute Gasteiger partial charge is 0.477 e. The highest BCUT2D eigenvalue weighted by atomic mass is 35.5. The number of rotatable bonds is 7. The van der Waals surface area contributed by atoms with Gasteiger partial charge in [0.1, 0.15) is 26.9 Å². The third kappa shape index (κ3) is 4.08. The number of carboxylic acids is 1. The van der Waals surface area contributed by atoms with Crippen molar-refractivity contribution in [2.45, 2.75) is 35.3 Å². The number of anilines is 1. The number of aromatic nitrogens is 2. The molecule has 2 aliphatic rings. The molecule has 3 unspecified atom stereocenters. The van der Waals surface area contributed by atoms with Crippen LogP contribution in [0.5, 0.6) is 0 Å². The number of thiazole rings is 2. The Balaban J connectivity index is 1.52. The molecule has 0 saturated carbocycles. The summed E-state index contributed by atoms with van der Waals surface area (Å²) in [5.41, 5.74) is 5.29. The van der Waals surface area contributed by atoms with E-state index in [0.717, 1.165) is 28.0 Å². The van der Waals surface area contributed by atoms with Crippen molar-refractivity contribution in [2.24, 2.45) is 5.18 Å². The van der Waals surface area contributed by atoms with Crippen LogP contribution in [0.25, 0.3) is 0 Å². The van der Waals surface area contributed by atoms with Gasteiger partial charge in [0, 0.05) is 10.3 Å². The lowest BCUT2D eigenvalue weighted by Crippen LogP contribution is -2.71. The third-order valence-electron chi connectivity index (χ3n) is 4.80. The lowest BCUT2D eigenvalue weighted by molar-refractivity contribution is -0.156. The first kappa shape index (κ1) is 22.9. The minimum Gasteiger partial charge on any atom is -0.477 e. The van der Waals surface area contributed by atoms with Gasteiger partial charge in [-0.1, -0.05) is 46.3 Å². The molecule has 2 amide bonds. The van der Waals surface area contributed by atoms with E-state index in [0.29, 0.717) is 27.2 Å². The molecule has 4 heterocycles. The lowest BCUT2D eigenvalue weighted by atomic mass is 9.86. The lowest BCUT2D eigenvalue weighted by Gasteiger charge is -2.50. The maximum atomic E-state index is 12.8. The molecule has 2 aliphatic heterocycles. The number of β-lactam (4-membered cyclic amide) rings is 1. The van der Waals surface area contributed by atoms with Gasteiger partial charge in [-0.25, -0.2) is 14.8 Å². The summed E-state index contributed by atoms with van der Waals surface area (Å²) in [5.74, 6) is -2.75. The number of carbonyl (C=O) groups is 3. The molecule has 0 bridgehead atoms. The second kappa shape index (κ2) is 8.94. The number of nitroso groups, excluding NO2 is 1. The van der Waals surface area contributed by atoms with E-state index < -0.39 is 35.9 Å². The number of nitrogen functional groups attached to an aromatic ring is 1. The SMILES string of the molecule is Nc1nc(C(N=O)C(=O)NC2C(=O)N3C(C(=O)O)=C(Sc4nc(Cl)cs4)CCC23)c(Cl)s1. The van der Waals surface area contributed by atoms with E-state index in [1.807, 2.05) is 0 Å². The number of carboxylic acid groups (broad SMARTS) is 1. The molecule has 0 aliphatic carbocycles. The van der Waals surface area contributed by atoms with Crippen LogP contribution in [0.2, 0.25) is 9.49 Å². The third-order valence-corrected chi connectivity index (χ3v) is 8.32. The molecule has 0 spiro atoms. The minimum absolute atomic E-state index is 0.0431. The molecule has 16 heteroatoms. The van der Waals surface area contributed by atoms with Crippen LogP contribution >= 0.6 is 57.6 Å². The van der Waals surface area contributed by atoms with Crippen LogP contribution in [0.15, 0.2) is 25.5 Å². The summed E-state index contributed by atoms with van der Waals surface area (Å²) in [4.78, 5) is 58.1. The van der Waals surface area contributed by atoms with Gasteiger partial charge in [-0.05, 0) is 18.0 Å². The number of carbonyl (C=O) groups excluding carboxylic acids is 2. The van der Waals surface area contributed by atoms with Gasteiger partial charge in [0.2, 0.25) is 6.04 Å². The van der Waals surface area contributed by atoms with Crippen molar-refractivity contribution in [2.75, 3.05) is 5.73 Å². The van der Waals surface area contributed by atoms with E-state index >= 15 is 0 Å². The topological polar surface area (TPSA) is 168 Å². The Hall–Kier alpha value is -2.26. The van der Waals surface area contributed by atoms with Crippen molar-refractivity contribution in [3.05, 3.63) is 36.1 Å². The monoisotopic (exact) mass is 534 g/mol. The molecule has 0 aromatic carbocycles. The summed E-state index contributed by atoms with van der Waals surface area (Å²) >= 11 is 15.1.